The summed E-state index contributed by atoms with van der Waals surface area (Å²) < 4.78 is 0. The lowest BCUT2D eigenvalue weighted by Gasteiger charge is -2.20. The molecule has 1 aliphatic rings. The van der Waals surface area contributed by atoms with Gasteiger partial charge in [-0.2, -0.15) is 0 Å². The number of nitrogens with one attached hydrogen (secondary N) is 2. The molecule has 1 heterocycles. The third kappa shape index (κ3) is 4.25. The van der Waals surface area contributed by atoms with Crippen molar-refractivity contribution in [3.8, 4) is 0 Å². The highest BCUT2D eigenvalue weighted by molar-refractivity contribution is 5.97. The molecule has 3 amide bonds. The van der Waals surface area contributed by atoms with Crippen molar-refractivity contribution >= 4 is 23.6 Å². The van der Waals surface area contributed by atoms with E-state index in [1.54, 1.807) is 29.2 Å². The predicted molar refractivity (Wildman–Crippen MR) is 101 cm³/mol. The molecule has 0 spiro atoms. The first kappa shape index (κ1) is 18.4. The smallest absolute Gasteiger partial charge is 0.321 e. The number of carbonyl (C=O) groups is 3. The Kier molecular flexibility index (Phi) is 5.40. The fourth-order valence-electron chi connectivity index (χ4n) is 3.14. The quantitative estimate of drug-likeness (QED) is 0.730. The van der Waals surface area contributed by atoms with E-state index in [0.717, 1.165) is 11.1 Å². The van der Waals surface area contributed by atoms with Crippen molar-refractivity contribution in [3.05, 3.63) is 65.2 Å². The molecule has 0 bridgehead atoms. The average molecular weight is 367 g/mol. The summed E-state index contributed by atoms with van der Waals surface area (Å²) in [6.45, 7) is 3.05. The molecular weight excluding hydrogens is 346 g/mol. The van der Waals surface area contributed by atoms with Crippen molar-refractivity contribution in [1.82, 2.24) is 10.6 Å². The van der Waals surface area contributed by atoms with Gasteiger partial charge in [-0.1, -0.05) is 24.3 Å². The van der Waals surface area contributed by atoms with Crippen LogP contribution in [0.25, 0.3) is 0 Å². The minimum absolute atomic E-state index is 0.159. The lowest BCUT2D eigenvalue weighted by molar-refractivity contribution is -0.137. The molecule has 3 N–H and O–H groups in total. The lowest BCUT2D eigenvalue weighted by Crippen LogP contribution is -2.31. The summed E-state index contributed by atoms with van der Waals surface area (Å²) in [5.74, 6) is -1.35. The summed E-state index contributed by atoms with van der Waals surface area (Å²) in [5.41, 5.74) is 2.81. The van der Waals surface area contributed by atoms with E-state index in [1.165, 1.54) is 0 Å². The first-order chi connectivity index (χ1) is 13.0. The molecule has 7 heteroatoms. The van der Waals surface area contributed by atoms with E-state index in [0.29, 0.717) is 24.3 Å². The Hall–Kier alpha value is -3.35. The molecule has 1 saturated heterocycles. The summed E-state index contributed by atoms with van der Waals surface area (Å²) in [7, 11) is 0. The van der Waals surface area contributed by atoms with Gasteiger partial charge in [-0.05, 0) is 42.3 Å². The van der Waals surface area contributed by atoms with Gasteiger partial charge < -0.3 is 15.7 Å². The Bertz CT molecular complexity index is 864. The van der Waals surface area contributed by atoms with Gasteiger partial charge in [-0.15, -0.1) is 0 Å². The Morgan fingerprint density at radius 1 is 1.19 bits per heavy atom. The van der Waals surface area contributed by atoms with E-state index in [9.17, 15) is 19.5 Å². The molecule has 0 radical (unpaired) electrons. The highest BCUT2D eigenvalue weighted by Crippen LogP contribution is 2.22. The summed E-state index contributed by atoms with van der Waals surface area (Å²) in [6.07, 6.45) is -0.206. The molecule has 1 unspecified atom stereocenters. The van der Waals surface area contributed by atoms with Crippen molar-refractivity contribution in [2.24, 2.45) is 0 Å². The second-order valence-electron chi connectivity index (χ2n) is 6.41. The highest BCUT2D eigenvalue weighted by atomic mass is 16.4. The summed E-state index contributed by atoms with van der Waals surface area (Å²) in [6, 6.07) is 13.3. The topological polar surface area (TPSA) is 98.7 Å². The van der Waals surface area contributed by atoms with Crippen LogP contribution in [0, 0.1) is 6.92 Å². The number of carboxylic acids is 1. The molecule has 27 heavy (non-hydrogen) atoms. The number of aliphatic carboxylic acids is 1. The zero-order valence-corrected chi connectivity index (χ0v) is 14.9. The van der Waals surface area contributed by atoms with Crippen molar-refractivity contribution in [2.45, 2.75) is 19.4 Å². The number of aryl methyl sites for hydroxylation is 1. The number of carbonyl (C=O) groups excluding carboxylic acids is 2. The first-order valence-corrected chi connectivity index (χ1v) is 8.69. The number of urea groups is 1. The second kappa shape index (κ2) is 7.90. The van der Waals surface area contributed by atoms with E-state index in [-0.39, 0.29) is 18.4 Å². The van der Waals surface area contributed by atoms with E-state index in [2.05, 4.69) is 10.6 Å². The molecule has 0 aliphatic carbocycles. The normalized spacial score (nSPS) is 14.6. The number of hydrogen-bond acceptors (Lipinski definition) is 3. The number of benzene rings is 2. The minimum Gasteiger partial charge on any atom is -0.481 e. The van der Waals surface area contributed by atoms with Gasteiger partial charge in [0.1, 0.15) is 0 Å². The molecule has 140 valence electrons. The lowest BCUT2D eigenvalue weighted by atomic mass is 9.98. The van der Waals surface area contributed by atoms with Gasteiger partial charge in [-0.3, -0.25) is 14.5 Å². The van der Waals surface area contributed by atoms with Gasteiger partial charge in [0.15, 0.2) is 0 Å². The Balaban J connectivity index is 1.76. The fourth-order valence-corrected chi connectivity index (χ4v) is 3.14. The van der Waals surface area contributed by atoms with Gasteiger partial charge >= 0.3 is 12.0 Å². The van der Waals surface area contributed by atoms with Crippen molar-refractivity contribution < 1.29 is 19.5 Å². The third-order valence-corrected chi connectivity index (χ3v) is 4.55. The number of anilines is 1. The van der Waals surface area contributed by atoms with Crippen LogP contribution >= 0.6 is 0 Å². The van der Waals surface area contributed by atoms with Gasteiger partial charge in [0.25, 0.3) is 5.91 Å². The zero-order chi connectivity index (χ0) is 19.4. The monoisotopic (exact) mass is 367 g/mol. The Morgan fingerprint density at radius 3 is 2.48 bits per heavy atom. The average Bonchev–Trinajstić information content (AvgIpc) is 3.07. The molecule has 3 rings (SSSR count). The summed E-state index contributed by atoms with van der Waals surface area (Å²) in [5, 5.41) is 14.7. The number of nitrogens with zero attached hydrogens (tertiary/aromatic N) is 1. The predicted octanol–water partition coefficient (Wildman–Crippen LogP) is 2.47. The van der Waals surface area contributed by atoms with Gasteiger partial charge in [0.05, 0.1) is 12.5 Å². The van der Waals surface area contributed by atoms with Gasteiger partial charge in [0.2, 0.25) is 0 Å². The maximum absolute atomic E-state index is 12.6. The molecule has 1 atom stereocenters. The van der Waals surface area contributed by atoms with Crippen LogP contribution in [0.4, 0.5) is 10.5 Å². The van der Waals surface area contributed by atoms with Gasteiger partial charge in [0, 0.05) is 24.3 Å². The van der Waals surface area contributed by atoms with E-state index in [4.69, 9.17) is 0 Å². The maximum atomic E-state index is 12.6. The SMILES string of the molecule is Cc1ccccc1C(CC(=O)O)NC(=O)c1ccc(N2CCNC2=O)cc1. The number of rotatable bonds is 6. The van der Waals surface area contributed by atoms with Crippen LogP contribution in [0.2, 0.25) is 0 Å². The largest absolute Gasteiger partial charge is 0.481 e. The van der Waals surface area contributed by atoms with Crippen molar-refractivity contribution in [1.29, 1.82) is 0 Å². The van der Waals surface area contributed by atoms with Crippen LogP contribution in [-0.2, 0) is 4.79 Å². The van der Waals surface area contributed by atoms with E-state index in [1.807, 2.05) is 31.2 Å². The van der Waals surface area contributed by atoms with E-state index < -0.39 is 12.0 Å². The fraction of sp³-hybridized carbons (Fsp3) is 0.250. The van der Waals surface area contributed by atoms with Crippen molar-refractivity contribution in [3.63, 3.8) is 0 Å². The molecule has 0 saturated carbocycles. The second-order valence-corrected chi connectivity index (χ2v) is 6.41. The molecule has 7 nitrogen and oxygen atoms in total. The van der Waals surface area contributed by atoms with Crippen LogP contribution in [0.1, 0.15) is 33.9 Å². The molecule has 1 aliphatic heterocycles. The highest BCUT2D eigenvalue weighted by Gasteiger charge is 2.22. The Labute approximate surface area is 157 Å². The minimum atomic E-state index is -0.987. The molecular formula is C20H21N3O4. The number of hydrogen-bond donors (Lipinski definition) is 3. The van der Waals surface area contributed by atoms with E-state index >= 15 is 0 Å². The van der Waals surface area contributed by atoms with Crippen LogP contribution in [-0.4, -0.2) is 36.1 Å². The summed E-state index contributed by atoms with van der Waals surface area (Å²) >= 11 is 0. The van der Waals surface area contributed by atoms with Gasteiger partial charge in [-0.25, -0.2) is 4.79 Å². The number of amides is 3. The molecule has 2 aromatic rings. The van der Waals surface area contributed by atoms with Crippen LogP contribution < -0.4 is 15.5 Å². The Morgan fingerprint density at radius 2 is 1.89 bits per heavy atom. The standard InChI is InChI=1S/C20H21N3O4/c1-13-4-2-3-5-16(13)17(12-18(24)25)22-19(26)14-6-8-15(9-7-14)23-11-10-21-20(23)27/h2-9,17H,10-12H2,1H3,(H,21,27)(H,22,26)(H,24,25). The van der Waals surface area contributed by atoms with Crippen LogP contribution in [0.15, 0.2) is 48.5 Å². The molecule has 1 fully saturated rings. The summed E-state index contributed by atoms with van der Waals surface area (Å²) in [4.78, 5) is 37.2. The first-order valence-electron chi connectivity index (χ1n) is 8.69. The zero-order valence-electron chi connectivity index (χ0n) is 14.9. The van der Waals surface area contributed by atoms with Crippen LogP contribution in [0.3, 0.4) is 0 Å². The third-order valence-electron chi connectivity index (χ3n) is 4.55. The molecule has 2 aromatic carbocycles. The number of carboxylic acid groups (broad SMARTS) is 1. The maximum Gasteiger partial charge on any atom is 0.321 e. The van der Waals surface area contributed by atoms with Crippen molar-refractivity contribution in [2.75, 3.05) is 18.0 Å². The van der Waals surface area contributed by atoms with Crippen LogP contribution in [0.5, 0.6) is 0 Å². The molecule has 0 aromatic heterocycles.